The van der Waals surface area contributed by atoms with Gasteiger partial charge in [-0.2, -0.15) is 0 Å². The molecule has 0 atom stereocenters. The molecule has 2 aromatic heterocycles. The Bertz CT molecular complexity index is 606. The topological polar surface area (TPSA) is 121 Å². The number of nitrogens with zero attached hydrogens (tertiary/aromatic N) is 3. The zero-order valence-corrected chi connectivity index (χ0v) is 10.8. The van der Waals surface area contributed by atoms with Crippen LogP contribution in [-0.4, -0.2) is 37.1 Å². The highest BCUT2D eigenvalue weighted by atomic mass is 32.1. The van der Waals surface area contributed by atoms with Gasteiger partial charge in [-0.15, -0.1) is 16.4 Å². The number of aromatic nitrogens is 4. The van der Waals surface area contributed by atoms with Gasteiger partial charge in [0.1, 0.15) is 10.8 Å². The molecule has 0 fully saturated rings. The van der Waals surface area contributed by atoms with Gasteiger partial charge in [-0.1, -0.05) is 6.92 Å². The molecule has 100 valence electrons. The van der Waals surface area contributed by atoms with Gasteiger partial charge in [0.05, 0.1) is 6.54 Å². The molecule has 0 aliphatic rings. The highest BCUT2D eigenvalue weighted by Gasteiger charge is 2.13. The number of carbonyl (C=O) groups is 2. The van der Waals surface area contributed by atoms with Crippen molar-refractivity contribution in [3.8, 4) is 0 Å². The Morgan fingerprint density at radius 2 is 2.26 bits per heavy atom. The Morgan fingerprint density at radius 3 is 2.84 bits per heavy atom. The highest BCUT2D eigenvalue weighted by molar-refractivity contribution is 7.09. The van der Waals surface area contributed by atoms with E-state index in [1.54, 1.807) is 0 Å². The Labute approximate surface area is 111 Å². The van der Waals surface area contributed by atoms with Crippen molar-refractivity contribution in [1.82, 2.24) is 25.5 Å². The van der Waals surface area contributed by atoms with Crippen LogP contribution in [0.5, 0.6) is 0 Å². The van der Waals surface area contributed by atoms with Crippen molar-refractivity contribution >= 4 is 23.2 Å². The normalized spacial score (nSPS) is 10.4. The Balaban J connectivity index is 1.94. The maximum atomic E-state index is 11.7. The first-order valence-corrected chi connectivity index (χ1v) is 6.35. The minimum absolute atomic E-state index is 0.0274. The van der Waals surface area contributed by atoms with Crippen LogP contribution in [0.2, 0.25) is 0 Å². The van der Waals surface area contributed by atoms with Crippen LogP contribution in [0.3, 0.4) is 0 Å². The van der Waals surface area contributed by atoms with E-state index in [1.807, 2.05) is 6.92 Å². The summed E-state index contributed by atoms with van der Waals surface area (Å²) in [5.41, 5.74) is -0.0274. The maximum Gasteiger partial charge on any atom is 0.355 e. The van der Waals surface area contributed by atoms with Crippen LogP contribution >= 0.6 is 11.3 Å². The largest absolute Gasteiger partial charge is 0.476 e. The van der Waals surface area contributed by atoms with Gasteiger partial charge in [-0.3, -0.25) is 9.89 Å². The third-order valence-corrected chi connectivity index (χ3v) is 3.09. The van der Waals surface area contributed by atoms with E-state index in [1.165, 1.54) is 16.7 Å². The van der Waals surface area contributed by atoms with Crippen molar-refractivity contribution in [2.75, 3.05) is 0 Å². The smallest absolute Gasteiger partial charge is 0.355 e. The molecule has 1 amide bonds. The van der Waals surface area contributed by atoms with Gasteiger partial charge in [-0.25, -0.2) is 14.8 Å². The van der Waals surface area contributed by atoms with E-state index in [-0.39, 0.29) is 18.1 Å². The van der Waals surface area contributed by atoms with Crippen LogP contribution in [0.4, 0.5) is 0 Å². The molecule has 0 aliphatic carbocycles. The monoisotopic (exact) mass is 281 g/mol. The molecule has 0 spiro atoms. The van der Waals surface area contributed by atoms with Crippen LogP contribution < -0.4 is 5.32 Å². The van der Waals surface area contributed by atoms with Gasteiger partial charge >= 0.3 is 5.97 Å². The number of nitrogens with one attached hydrogen (secondary N) is 2. The van der Waals surface area contributed by atoms with Crippen LogP contribution in [-0.2, 0) is 13.0 Å². The number of H-pyrrole nitrogens is 1. The Kier molecular flexibility index (Phi) is 3.85. The molecule has 8 nitrogen and oxygen atoms in total. The predicted octanol–water partition coefficient (Wildman–Crippen LogP) is 0.452. The van der Waals surface area contributed by atoms with Crippen molar-refractivity contribution in [1.29, 1.82) is 0 Å². The van der Waals surface area contributed by atoms with Gasteiger partial charge < -0.3 is 10.4 Å². The molecule has 2 aromatic rings. The molecule has 3 N–H and O–H groups in total. The SMILES string of the molecule is CCc1nc(C(=O)NCc2nc(C(=O)O)cs2)n[nH]1. The number of hydrogen-bond donors (Lipinski definition) is 3. The van der Waals surface area contributed by atoms with Crippen LogP contribution in [0, 0.1) is 0 Å². The first kappa shape index (κ1) is 13.1. The van der Waals surface area contributed by atoms with E-state index >= 15 is 0 Å². The summed E-state index contributed by atoms with van der Waals surface area (Å²) in [6.45, 7) is 2.04. The third-order valence-electron chi connectivity index (χ3n) is 2.24. The lowest BCUT2D eigenvalue weighted by Gasteiger charge is -1.98. The minimum Gasteiger partial charge on any atom is -0.476 e. The zero-order chi connectivity index (χ0) is 13.8. The lowest BCUT2D eigenvalue weighted by molar-refractivity contribution is 0.0691. The van der Waals surface area contributed by atoms with E-state index in [4.69, 9.17) is 5.11 Å². The first-order valence-electron chi connectivity index (χ1n) is 5.47. The summed E-state index contributed by atoms with van der Waals surface area (Å²) < 4.78 is 0. The lowest BCUT2D eigenvalue weighted by Crippen LogP contribution is -2.24. The zero-order valence-electron chi connectivity index (χ0n) is 10.0. The van der Waals surface area contributed by atoms with Crippen LogP contribution in [0.1, 0.15) is 38.9 Å². The van der Waals surface area contributed by atoms with Gasteiger partial charge in [0.25, 0.3) is 5.91 Å². The second-order valence-electron chi connectivity index (χ2n) is 3.57. The average Bonchev–Trinajstić information content (AvgIpc) is 3.04. The molecular formula is C10H11N5O3S. The van der Waals surface area contributed by atoms with E-state index in [0.717, 1.165) is 0 Å². The van der Waals surface area contributed by atoms with Gasteiger partial charge in [-0.05, 0) is 0 Å². The van der Waals surface area contributed by atoms with E-state index in [0.29, 0.717) is 17.3 Å². The van der Waals surface area contributed by atoms with Crippen molar-refractivity contribution in [2.45, 2.75) is 19.9 Å². The van der Waals surface area contributed by atoms with Gasteiger partial charge in [0.15, 0.2) is 5.69 Å². The van der Waals surface area contributed by atoms with E-state index in [2.05, 4.69) is 25.5 Å². The van der Waals surface area contributed by atoms with Crippen LogP contribution in [0.25, 0.3) is 0 Å². The number of rotatable bonds is 5. The van der Waals surface area contributed by atoms with Crippen molar-refractivity contribution < 1.29 is 14.7 Å². The number of aromatic amines is 1. The van der Waals surface area contributed by atoms with Gasteiger partial charge in [0, 0.05) is 11.8 Å². The molecule has 0 saturated carbocycles. The molecule has 0 saturated heterocycles. The summed E-state index contributed by atoms with van der Waals surface area (Å²) in [5, 5.41) is 19.6. The summed E-state index contributed by atoms with van der Waals surface area (Å²) in [6, 6.07) is 0. The average molecular weight is 281 g/mol. The first-order chi connectivity index (χ1) is 9.10. The fourth-order valence-corrected chi connectivity index (χ4v) is 1.99. The summed E-state index contributed by atoms with van der Waals surface area (Å²) in [4.78, 5) is 30.2. The standard InChI is InChI=1S/C10H11N5O3S/c1-2-6-13-8(15-14-6)9(16)11-3-7-12-5(4-19-7)10(17)18/h4H,2-3H2,1H3,(H,11,16)(H,17,18)(H,13,14,15). The summed E-state index contributed by atoms with van der Waals surface area (Å²) >= 11 is 1.17. The molecule has 0 aliphatic heterocycles. The minimum atomic E-state index is -1.09. The fraction of sp³-hybridized carbons (Fsp3) is 0.300. The van der Waals surface area contributed by atoms with E-state index < -0.39 is 11.9 Å². The molecule has 2 heterocycles. The maximum absolute atomic E-state index is 11.7. The van der Waals surface area contributed by atoms with Gasteiger partial charge in [0.2, 0.25) is 5.82 Å². The molecule has 0 radical (unpaired) electrons. The number of aromatic carboxylic acids is 1. The summed E-state index contributed by atoms with van der Waals surface area (Å²) in [5.74, 6) is -0.821. The molecule has 19 heavy (non-hydrogen) atoms. The number of carbonyl (C=O) groups excluding carboxylic acids is 1. The Morgan fingerprint density at radius 1 is 1.47 bits per heavy atom. The van der Waals surface area contributed by atoms with Crippen LogP contribution in [0.15, 0.2) is 5.38 Å². The van der Waals surface area contributed by atoms with E-state index in [9.17, 15) is 9.59 Å². The second kappa shape index (κ2) is 5.57. The highest BCUT2D eigenvalue weighted by Crippen LogP contribution is 2.09. The molecular weight excluding hydrogens is 270 g/mol. The molecule has 9 heteroatoms. The molecule has 0 unspecified atom stereocenters. The third kappa shape index (κ3) is 3.13. The number of hydrogen-bond acceptors (Lipinski definition) is 6. The Hall–Kier alpha value is -2.29. The molecule has 0 bridgehead atoms. The number of carboxylic acid groups (broad SMARTS) is 1. The predicted molar refractivity (Wildman–Crippen MR) is 66.0 cm³/mol. The quantitative estimate of drug-likeness (QED) is 0.731. The summed E-state index contributed by atoms with van der Waals surface area (Å²) in [6.07, 6.45) is 0.661. The van der Waals surface area contributed by atoms with Crippen molar-refractivity contribution in [2.24, 2.45) is 0 Å². The summed E-state index contributed by atoms with van der Waals surface area (Å²) in [7, 11) is 0. The van der Waals surface area contributed by atoms with Crippen molar-refractivity contribution in [3.63, 3.8) is 0 Å². The number of amides is 1. The molecule has 2 rings (SSSR count). The number of carboxylic acids is 1. The number of thiazole rings is 1. The van der Waals surface area contributed by atoms with Crippen molar-refractivity contribution in [3.05, 3.63) is 27.7 Å². The molecule has 0 aromatic carbocycles. The lowest BCUT2D eigenvalue weighted by atomic mass is 10.4. The number of aryl methyl sites for hydroxylation is 1. The second-order valence-corrected chi connectivity index (χ2v) is 4.52. The fourth-order valence-electron chi connectivity index (χ4n) is 1.28.